The van der Waals surface area contributed by atoms with Crippen LogP contribution < -0.4 is 15.6 Å². The van der Waals surface area contributed by atoms with E-state index in [0.29, 0.717) is 37.6 Å². The highest BCUT2D eigenvalue weighted by atomic mass is 16.5. The number of carbonyl (C=O) groups excluding carboxylic acids is 1. The summed E-state index contributed by atoms with van der Waals surface area (Å²) in [4.78, 5) is 18.2. The Balaban J connectivity index is 1.82. The van der Waals surface area contributed by atoms with Gasteiger partial charge in [0.05, 0.1) is 6.61 Å². The number of benzene rings is 2. The number of unbranched alkanes of at least 4 members (excludes halogenated alkanes) is 1. The van der Waals surface area contributed by atoms with Crippen molar-refractivity contribution in [2.75, 3.05) is 19.8 Å². The standard InChI is InChI=1S/C25H33N3O4/c1-3-4-15-26-28-24(30)25(18-20-9-6-5-7-10-20)19(2)32-23(27-25)21-11-13-22(14-12-21)31-17-8-16-29/h5-7,9-14,19,26,29H,3-4,8,15-18H2,1-2H3,(H,28,30)/t19-,25-/m0/s1. The number of ether oxygens (including phenoxy) is 2. The first kappa shape index (κ1) is 23.8. The van der Waals surface area contributed by atoms with Crippen LogP contribution >= 0.6 is 0 Å². The Labute approximate surface area is 189 Å². The summed E-state index contributed by atoms with van der Waals surface area (Å²) >= 11 is 0. The van der Waals surface area contributed by atoms with Gasteiger partial charge in [-0.2, -0.15) is 0 Å². The first-order chi connectivity index (χ1) is 15.6. The summed E-state index contributed by atoms with van der Waals surface area (Å²) in [5.41, 5.74) is 6.59. The number of nitrogens with zero attached hydrogens (tertiary/aromatic N) is 1. The Hall–Kier alpha value is -2.90. The molecular formula is C25H33N3O4. The molecule has 3 rings (SSSR count). The number of rotatable bonds is 12. The fraction of sp³-hybridized carbons (Fsp3) is 0.440. The molecule has 1 aliphatic heterocycles. The molecule has 1 heterocycles. The molecule has 1 aliphatic rings. The van der Waals surface area contributed by atoms with Crippen molar-refractivity contribution in [1.82, 2.24) is 10.9 Å². The number of nitrogens with one attached hydrogen (secondary N) is 2. The molecule has 2 atom stereocenters. The van der Waals surface area contributed by atoms with Gasteiger partial charge in [0.15, 0.2) is 5.54 Å². The molecule has 0 unspecified atom stereocenters. The predicted octanol–water partition coefficient (Wildman–Crippen LogP) is 3.02. The first-order valence-electron chi connectivity index (χ1n) is 11.3. The van der Waals surface area contributed by atoms with Gasteiger partial charge in [0.1, 0.15) is 11.9 Å². The Morgan fingerprint density at radius 3 is 2.59 bits per heavy atom. The van der Waals surface area contributed by atoms with Crippen LogP contribution in [-0.4, -0.2) is 48.3 Å². The van der Waals surface area contributed by atoms with Gasteiger partial charge in [-0.3, -0.25) is 10.2 Å². The van der Waals surface area contributed by atoms with Crippen molar-refractivity contribution in [2.45, 2.75) is 51.2 Å². The highest BCUT2D eigenvalue weighted by molar-refractivity contribution is 6.00. The zero-order valence-corrected chi connectivity index (χ0v) is 18.8. The second-order valence-corrected chi connectivity index (χ2v) is 7.95. The largest absolute Gasteiger partial charge is 0.494 e. The maximum absolute atomic E-state index is 13.3. The zero-order chi connectivity index (χ0) is 22.8. The maximum atomic E-state index is 13.3. The monoisotopic (exact) mass is 439 g/mol. The molecule has 3 N–H and O–H groups in total. The molecule has 0 bridgehead atoms. The number of hydrogen-bond donors (Lipinski definition) is 3. The molecule has 2 aromatic rings. The van der Waals surface area contributed by atoms with E-state index in [1.807, 2.05) is 61.5 Å². The van der Waals surface area contributed by atoms with E-state index in [1.54, 1.807) is 0 Å². The summed E-state index contributed by atoms with van der Waals surface area (Å²) in [7, 11) is 0. The van der Waals surface area contributed by atoms with Gasteiger partial charge in [-0.1, -0.05) is 43.7 Å². The highest BCUT2D eigenvalue weighted by Crippen LogP contribution is 2.32. The van der Waals surface area contributed by atoms with Crippen LogP contribution in [0.1, 0.15) is 44.2 Å². The molecule has 0 radical (unpaired) electrons. The van der Waals surface area contributed by atoms with E-state index in [0.717, 1.165) is 24.0 Å². The fourth-order valence-corrected chi connectivity index (χ4v) is 3.57. The van der Waals surface area contributed by atoms with Crippen LogP contribution in [0.5, 0.6) is 5.75 Å². The summed E-state index contributed by atoms with van der Waals surface area (Å²) in [5, 5.41) is 8.89. The molecular weight excluding hydrogens is 406 g/mol. The molecule has 2 aromatic carbocycles. The Kier molecular flexibility index (Phi) is 8.64. The number of aliphatic hydroxyl groups is 1. The van der Waals surface area contributed by atoms with Gasteiger partial charge in [-0.15, -0.1) is 0 Å². The van der Waals surface area contributed by atoms with Crippen LogP contribution in [0.3, 0.4) is 0 Å². The molecule has 0 aromatic heterocycles. The Morgan fingerprint density at radius 1 is 1.16 bits per heavy atom. The third-order valence-electron chi connectivity index (χ3n) is 5.50. The minimum atomic E-state index is -1.08. The lowest BCUT2D eigenvalue weighted by atomic mass is 9.86. The van der Waals surface area contributed by atoms with E-state index in [1.165, 1.54) is 0 Å². The van der Waals surface area contributed by atoms with Crippen LogP contribution in [0.15, 0.2) is 59.6 Å². The summed E-state index contributed by atoms with van der Waals surface area (Å²) in [6, 6.07) is 17.3. The van der Waals surface area contributed by atoms with E-state index < -0.39 is 11.6 Å². The molecule has 0 fully saturated rings. The van der Waals surface area contributed by atoms with Gasteiger partial charge >= 0.3 is 0 Å². The van der Waals surface area contributed by atoms with Crippen LogP contribution in [0.4, 0.5) is 0 Å². The molecule has 0 spiro atoms. The number of aliphatic hydroxyl groups excluding tert-OH is 1. The van der Waals surface area contributed by atoms with Crippen molar-refractivity contribution in [3.63, 3.8) is 0 Å². The van der Waals surface area contributed by atoms with Crippen LogP contribution in [-0.2, 0) is 16.0 Å². The van der Waals surface area contributed by atoms with E-state index in [4.69, 9.17) is 19.6 Å². The van der Waals surface area contributed by atoms with Crippen LogP contribution in [0.25, 0.3) is 0 Å². The second kappa shape index (κ2) is 11.6. The summed E-state index contributed by atoms with van der Waals surface area (Å²) in [6.45, 7) is 5.24. The van der Waals surface area contributed by atoms with E-state index in [-0.39, 0.29) is 12.5 Å². The normalized spacial score (nSPS) is 19.8. The van der Waals surface area contributed by atoms with Crippen molar-refractivity contribution >= 4 is 11.8 Å². The molecule has 0 saturated heterocycles. The third kappa shape index (κ3) is 5.87. The minimum Gasteiger partial charge on any atom is -0.494 e. The number of carbonyl (C=O) groups is 1. The molecule has 1 amide bonds. The van der Waals surface area contributed by atoms with Crippen molar-refractivity contribution in [1.29, 1.82) is 0 Å². The average molecular weight is 440 g/mol. The third-order valence-corrected chi connectivity index (χ3v) is 5.50. The number of aliphatic imine (C=N–C) groups is 1. The number of hydrazine groups is 1. The zero-order valence-electron chi connectivity index (χ0n) is 18.8. The molecule has 7 nitrogen and oxygen atoms in total. The van der Waals surface area contributed by atoms with Crippen molar-refractivity contribution < 1.29 is 19.4 Å². The summed E-state index contributed by atoms with van der Waals surface area (Å²) in [5.74, 6) is 0.949. The molecule has 172 valence electrons. The fourth-order valence-electron chi connectivity index (χ4n) is 3.57. The van der Waals surface area contributed by atoms with E-state index in [2.05, 4.69) is 17.8 Å². The van der Waals surface area contributed by atoms with Gasteiger partial charge in [-0.25, -0.2) is 10.4 Å². The van der Waals surface area contributed by atoms with Crippen molar-refractivity contribution in [2.24, 2.45) is 4.99 Å². The van der Waals surface area contributed by atoms with Gasteiger partial charge in [-0.05, 0) is 43.2 Å². The molecule has 0 saturated carbocycles. The van der Waals surface area contributed by atoms with Crippen molar-refractivity contribution in [3.8, 4) is 5.75 Å². The smallest absolute Gasteiger partial charge is 0.266 e. The van der Waals surface area contributed by atoms with Gasteiger partial charge in [0, 0.05) is 31.6 Å². The molecule has 7 heteroatoms. The van der Waals surface area contributed by atoms with Gasteiger partial charge < -0.3 is 14.6 Å². The van der Waals surface area contributed by atoms with Gasteiger partial charge in [0.2, 0.25) is 5.90 Å². The van der Waals surface area contributed by atoms with Gasteiger partial charge in [0.25, 0.3) is 5.91 Å². The number of hydrogen-bond acceptors (Lipinski definition) is 6. The average Bonchev–Trinajstić information content (AvgIpc) is 3.15. The molecule has 32 heavy (non-hydrogen) atoms. The lowest BCUT2D eigenvalue weighted by Crippen LogP contribution is -2.56. The maximum Gasteiger partial charge on any atom is 0.266 e. The lowest BCUT2D eigenvalue weighted by molar-refractivity contribution is -0.129. The first-order valence-corrected chi connectivity index (χ1v) is 11.3. The Bertz CT molecular complexity index is 886. The quantitative estimate of drug-likeness (QED) is 0.349. The Morgan fingerprint density at radius 2 is 1.91 bits per heavy atom. The number of amides is 1. The second-order valence-electron chi connectivity index (χ2n) is 7.95. The highest BCUT2D eigenvalue weighted by Gasteiger charge is 2.50. The lowest BCUT2D eigenvalue weighted by Gasteiger charge is -2.28. The SMILES string of the molecule is CCCCNNC(=O)[C@@]1(Cc2ccccc2)N=C(c2ccc(OCCCO)cc2)O[C@H]1C. The predicted molar refractivity (Wildman–Crippen MR) is 125 cm³/mol. The van der Waals surface area contributed by atoms with Crippen LogP contribution in [0, 0.1) is 0 Å². The topological polar surface area (TPSA) is 92.2 Å². The summed E-state index contributed by atoms with van der Waals surface area (Å²) in [6.07, 6.45) is 2.59. The summed E-state index contributed by atoms with van der Waals surface area (Å²) < 4.78 is 11.7. The van der Waals surface area contributed by atoms with Crippen molar-refractivity contribution in [3.05, 3.63) is 65.7 Å². The minimum absolute atomic E-state index is 0.0967. The van der Waals surface area contributed by atoms with Crippen LogP contribution in [0.2, 0.25) is 0 Å². The van der Waals surface area contributed by atoms with E-state index >= 15 is 0 Å². The molecule has 0 aliphatic carbocycles. The van der Waals surface area contributed by atoms with E-state index in [9.17, 15) is 4.79 Å².